The van der Waals surface area contributed by atoms with Crippen LogP contribution in [0.4, 0.5) is 0 Å². The molecule has 1 amide bonds. The molecule has 1 aliphatic heterocycles. The number of morpholine rings is 1. The lowest BCUT2D eigenvalue weighted by Gasteiger charge is -2.25. The van der Waals surface area contributed by atoms with Gasteiger partial charge in [0.2, 0.25) is 0 Å². The first-order valence-corrected chi connectivity index (χ1v) is 6.59. The molecule has 18 heavy (non-hydrogen) atoms. The topological polar surface area (TPSA) is 68.2 Å². The Morgan fingerprint density at radius 2 is 2.17 bits per heavy atom. The van der Waals surface area contributed by atoms with Gasteiger partial charge in [-0.15, -0.1) is 0 Å². The highest BCUT2D eigenvalue weighted by molar-refractivity contribution is 7.19. The molecule has 3 rings (SSSR count). The molecule has 0 aliphatic carbocycles. The van der Waals surface area contributed by atoms with Gasteiger partial charge in [0, 0.05) is 13.1 Å². The summed E-state index contributed by atoms with van der Waals surface area (Å²) in [5.41, 5.74) is 0.487. The van der Waals surface area contributed by atoms with Crippen molar-refractivity contribution in [1.82, 2.24) is 19.9 Å². The van der Waals surface area contributed by atoms with Gasteiger partial charge in [-0.2, -0.15) is 0 Å². The normalized spacial score (nSPS) is 16.2. The quantitative estimate of drug-likeness (QED) is 0.736. The van der Waals surface area contributed by atoms with Crippen LogP contribution in [0.15, 0.2) is 6.33 Å². The maximum absolute atomic E-state index is 12.2. The predicted molar refractivity (Wildman–Crippen MR) is 66.9 cm³/mol. The summed E-state index contributed by atoms with van der Waals surface area (Å²) in [7, 11) is 0. The number of amides is 1. The summed E-state index contributed by atoms with van der Waals surface area (Å²) in [5.74, 6) is -0.0997. The van der Waals surface area contributed by atoms with Crippen molar-refractivity contribution in [2.75, 3.05) is 26.3 Å². The van der Waals surface area contributed by atoms with Crippen molar-refractivity contribution in [2.24, 2.45) is 0 Å². The molecule has 6 nitrogen and oxygen atoms in total. The standard InChI is InChI=1S/C10H9ClN4O2S/c11-7-6-8(13-5-12-7)18-9(14-6)10(16)15-1-3-17-4-2-15/h5H,1-4H2. The molecular weight excluding hydrogens is 276 g/mol. The fourth-order valence-electron chi connectivity index (χ4n) is 1.72. The van der Waals surface area contributed by atoms with Crippen molar-refractivity contribution in [3.8, 4) is 0 Å². The van der Waals surface area contributed by atoms with Crippen molar-refractivity contribution in [2.45, 2.75) is 0 Å². The van der Waals surface area contributed by atoms with Crippen molar-refractivity contribution < 1.29 is 9.53 Å². The Balaban J connectivity index is 1.94. The van der Waals surface area contributed by atoms with E-state index >= 15 is 0 Å². The van der Waals surface area contributed by atoms with Gasteiger partial charge in [-0.25, -0.2) is 15.0 Å². The minimum absolute atomic E-state index is 0.0997. The summed E-state index contributed by atoms with van der Waals surface area (Å²) in [6, 6.07) is 0. The lowest BCUT2D eigenvalue weighted by atomic mass is 10.4. The maximum Gasteiger partial charge on any atom is 0.283 e. The number of aromatic nitrogens is 3. The van der Waals surface area contributed by atoms with Gasteiger partial charge >= 0.3 is 0 Å². The molecule has 3 heterocycles. The zero-order valence-corrected chi connectivity index (χ0v) is 10.9. The number of hydrogen-bond donors (Lipinski definition) is 0. The Morgan fingerprint density at radius 1 is 1.39 bits per heavy atom. The smallest absolute Gasteiger partial charge is 0.283 e. The third-order valence-electron chi connectivity index (χ3n) is 2.63. The number of ether oxygens (including phenoxy) is 1. The SMILES string of the molecule is O=C(c1nc2c(Cl)ncnc2s1)N1CCOCC1. The number of halogens is 1. The molecule has 94 valence electrons. The average molecular weight is 285 g/mol. The molecule has 8 heteroatoms. The third-order valence-corrected chi connectivity index (χ3v) is 3.86. The molecule has 0 aromatic carbocycles. The first-order chi connectivity index (χ1) is 8.75. The van der Waals surface area contributed by atoms with Gasteiger partial charge in [0.15, 0.2) is 10.2 Å². The monoisotopic (exact) mass is 284 g/mol. The van der Waals surface area contributed by atoms with Crippen molar-refractivity contribution in [1.29, 1.82) is 0 Å². The first-order valence-electron chi connectivity index (χ1n) is 5.40. The second-order valence-electron chi connectivity index (χ2n) is 3.74. The lowest BCUT2D eigenvalue weighted by molar-refractivity contribution is 0.0303. The van der Waals surface area contributed by atoms with Crippen LogP contribution in [0, 0.1) is 0 Å². The van der Waals surface area contributed by atoms with Crippen molar-refractivity contribution in [3.63, 3.8) is 0 Å². The first kappa shape index (κ1) is 11.8. The van der Waals surface area contributed by atoms with E-state index in [0.717, 1.165) is 0 Å². The minimum atomic E-state index is -0.0997. The number of rotatable bonds is 1. The van der Waals surface area contributed by atoms with Gasteiger partial charge in [0.1, 0.15) is 16.7 Å². The highest BCUT2D eigenvalue weighted by Gasteiger charge is 2.22. The summed E-state index contributed by atoms with van der Waals surface area (Å²) >= 11 is 7.14. The fourth-order valence-corrected chi connectivity index (χ4v) is 2.83. The van der Waals surface area contributed by atoms with E-state index in [4.69, 9.17) is 16.3 Å². The Bertz CT molecular complexity index is 597. The van der Waals surface area contributed by atoms with Crippen LogP contribution in [-0.4, -0.2) is 52.1 Å². The summed E-state index contributed by atoms with van der Waals surface area (Å²) < 4.78 is 5.21. The van der Waals surface area contributed by atoms with Crippen LogP contribution in [0.5, 0.6) is 0 Å². The summed E-state index contributed by atoms with van der Waals surface area (Å²) in [5, 5.41) is 0.673. The summed E-state index contributed by atoms with van der Waals surface area (Å²) in [6.07, 6.45) is 1.37. The van der Waals surface area contributed by atoms with Crippen LogP contribution in [0.2, 0.25) is 5.15 Å². The Hall–Kier alpha value is -1.31. The largest absolute Gasteiger partial charge is 0.378 e. The second kappa shape index (κ2) is 4.75. The van der Waals surface area contributed by atoms with E-state index in [1.165, 1.54) is 17.7 Å². The highest BCUT2D eigenvalue weighted by atomic mass is 35.5. The Morgan fingerprint density at radius 3 is 2.89 bits per heavy atom. The number of hydrogen-bond acceptors (Lipinski definition) is 6. The van der Waals surface area contributed by atoms with E-state index in [1.807, 2.05) is 0 Å². The molecule has 1 saturated heterocycles. The lowest BCUT2D eigenvalue weighted by Crippen LogP contribution is -2.40. The van der Waals surface area contributed by atoms with E-state index < -0.39 is 0 Å². The van der Waals surface area contributed by atoms with Crippen LogP contribution in [0.1, 0.15) is 9.80 Å². The van der Waals surface area contributed by atoms with E-state index in [2.05, 4.69) is 15.0 Å². The summed E-state index contributed by atoms with van der Waals surface area (Å²) in [6.45, 7) is 2.32. The van der Waals surface area contributed by atoms with Crippen LogP contribution >= 0.6 is 22.9 Å². The van der Waals surface area contributed by atoms with Gasteiger partial charge in [-0.05, 0) is 0 Å². The van der Waals surface area contributed by atoms with Gasteiger partial charge in [0.05, 0.1) is 13.2 Å². The number of fused-ring (bicyclic) bond motifs is 1. The van der Waals surface area contributed by atoms with Gasteiger partial charge < -0.3 is 9.64 Å². The van der Waals surface area contributed by atoms with E-state index in [9.17, 15) is 4.79 Å². The van der Waals surface area contributed by atoms with Crippen LogP contribution in [0.3, 0.4) is 0 Å². The van der Waals surface area contributed by atoms with Gasteiger partial charge in [-0.3, -0.25) is 4.79 Å². The van der Waals surface area contributed by atoms with Crippen LogP contribution in [0.25, 0.3) is 10.3 Å². The van der Waals surface area contributed by atoms with Gasteiger partial charge in [-0.1, -0.05) is 22.9 Å². The molecule has 1 aliphatic rings. The zero-order valence-electron chi connectivity index (χ0n) is 9.30. The second-order valence-corrected chi connectivity index (χ2v) is 5.08. The average Bonchev–Trinajstić information content (AvgIpc) is 2.84. The molecule has 2 aromatic heterocycles. The number of carbonyl (C=O) groups excluding carboxylic acids is 1. The van der Waals surface area contributed by atoms with Crippen LogP contribution < -0.4 is 0 Å². The molecule has 0 unspecified atom stereocenters. The van der Waals surface area contributed by atoms with E-state index in [0.29, 0.717) is 41.7 Å². The number of nitrogens with zero attached hydrogens (tertiary/aromatic N) is 4. The summed E-state index contributed by atoms with van der Waals surface area (Å²) in [4.78, 5) is 26.7. The van der Waals surface area contributed by atoms with Crippen molar-refractivity contribution in [3.05, 3.63) is 16.5 Å². The molecule has 0 spiro atoms. The maximum atomic E-state index is 12.2. The number of thiazole rings is 1. The van der Waals surface area contributed by atoms with Gasteiger partial charge in [0.25, 0.3) is 5.91 Å². The molecule has 2 aromatic rings. The van der Waals surface area contributed by atoms with E-state index in [-0.39, 0.29) is 11.1 Å². The Kier molecular flexibility index (Phi) is 3.11. The molecule has 1 fully saturated rings. The Labute approximate surface area is 112 Å². The van der Waals surface area contributed by atoms with Crippen molar-refractivity contribution >= 4 is 39.2 Å². The number of carbonyl (C=O) groups is 1. The predicted octanol–water partition coefficient (Wildman–Crippen LogP) is 1.21. The molecule has 0 N–H and O–H groups in total. The molecule has 0 bridgehead atoms. The zero-order chi connectivity index (χ0) is 12.5. The molecule has 0 atom stereocenters. The molecule has 0 saturated carbocycles. The molecule has 0 radical (unpaired) electrons. The van der Waals surface area contributed by atoms with E-state index in [1.54, 1.807) is 4.90 Å². The third kappa shape index (κ3) is 2.05. The molecular formula is C10H9ClN4O2S. The fraction of sp³-hybridized carbons (Fsp3) is 0.400. The highest BCUT2D eigenvalue weighted by Crippen LogP contribution is 2.25. The minimum Gasteiger partial charge on any atom is -0.378 e. The van der Waals surface area contributed by atoms with Crippen LogP contribution in [-0.2, 0) is 4.74 Å².